The van der Waals surface area contributed by atoms with Crippen molar-refractivity contribution in [2.75, 3.05) is 48.8 Å². The molecule has 5 rings (SSSR count). The summed E-state index contributed by atoms with van der Waals surface area (Å²) in [5.41, 5.74) is 1.91. The molecule has 1 saturated carbocycles. The van der Waals surface area contributed by atoms with Gasteiger partial charge in [-0.2, -0.15) is 20.1 Å². The molecule has 33 heavy (non-hydrogen) atoms. The largest absolute Gasteiger partial charge is 0.338 e. The molecular formula is C22H27N9OS. The van der Waals surface area contributed by atoms with Crippen LogP contribution in [0.1, 0.15) is 31.4 Å². The number of H-pyrrole nitrogens is 1. The third kappa shape index (κ3) is 5.60. The first-order valence-electron chi connectivity index (χ1n) is 11.1. The molecule has 11 heteroatoms. The van der Waals surface area contributed by atoms with Crippen LogP contribution in [0.25, 0.3) is 0 Å². The summed E-state index contributed by atoms with van der Waals surface area (Å²) < 4.78 is 0. The lowest BCUT2D eigenvalue weighted by atomic mass is 10.3. The van der Waals surface area contributed by atoms with Crippen LogP contribution in [0.3, 0.4) is 0 Å². The van der Waals surface area contributed by atoms with E-state index >= 15 is 0 Å². The van der Waals surface area contributed by atoms with E-state index < -0.39 is 0 Å². The molecule has 2 fully saturated rings. The lowest BCUT2D eigenvalue weighted by Gasteiger charge is -2.32. The number of amides is 1. The Morgan fingerprint density at radius 3 is 2.55 bits per heavy atom. The summed E-state index contributed by atoms with van der Waals surface area (Å²) in [6.07, 6.45) is 2.42. The normalized spacial score (nSPS) is 16.6. The van der Waals surface area contributed by atoms with Gasteiger partial charge >= 0.3 is 0 Å². The minimum absolute atomic E-state index is 0.0939. The van der Waals surface area contributed by atoms with E-state index in [0.717, 1.165) is 42.5 Å². The molecule has 3 heterocycles. The third-order valence-corrected chi connectivity index (χ3v) is 6.50. The monoisotopic (exact) mass is 465 g/mol. The van der Waals surface area contributed by atoms with Crippen LogP contribution in [0, 0.1) is 0 Å². The predicted molar refractivity (Wildman–Crippen MR) is 128 cm³/mol. The van der Waals surface area contributed by atoms with Crippen LogP contribution in [0.5, 0.6) is 0 Å². The van der Waals surface area contributed by atoms with Crippen LogP contribution < -0.4 is 15.5 Å². The Kier molecular flexibility index (Phi) is 6.14. The molecular weight excluding hydrogens is 438 g/mol. The molecule has 2 aromatic heterocycles. The zero-order chi connectivity index (χ0) is 22.8. The fourth-order valence-electron chi connectivity index (χ4n) is 3.63. The topological polar surface area (TPSA) is 115 Å². The number of carbonyl (C=O) groups excluding carboxylic acids is 1. The quantitative estimate of drug-likeness (QED) is 0.484. The maximum absolute atomic E-state index is 11.3. The molecule has 0 unspecified atom stereocenters. The Labute approximate surface area is 196 Å². The van der Waals surface area contributed by atoms with Gasteiger partial charge in [-0.15, -0.1) is 0 Å². The molecule has 0 atom stereocenters. The van der Waals surface area contributed by atoms with E-state index in [-0.39, 0.29) is 5.91 Å². The summed E-state index contributed by atoms with van der Waals surface area (Å²) in [6.45, 7) is 5.15. The van der Waals surface area contributed by atoms with Gasteiger partial charge in [-0.25, -0.2) is 0 Å². The van der Waals surface area contributed by atoms with Crippen molar-refractivity contribution >= 4 is 41.1 Å². The average Bonchev–Trinajstić information content (AvgIpc) is 3.54. The van der Waals surface area contributed by atoms with E-state index in [0.29, 0.717) is 28.8 Å². The second-order valence-corrected chi connectivity index (χ2v) is 9.49. The van der Waals surface area contributed by atoms with E-state index in [2.05, 4.69) is 42.7 Å². The van der Waals surface area contributed by atoms with Gasteiger partial charge in [-0.1, -0.05) is 0 Å². The highest BCUT2D eigenvalue weighted by molar-refractivity contribution is 7.99. The van der Waals surface area contributed by atoms with Crippen molar-refractivity contribution in [1.29, 1.82) is 0 Å². The molecule has 10 nitrogen and oxygen atoms in total. The summed E-state index contributed by atoms with van der Waals surface area (Å²) in [7, 11) is 2.12. The smallest absolute Gasteiger partial charge is 0.234 e. The number of hydrogen-bond donors (Lipinski definition) is 3. The van der Waals surface area contributed by atoms with Crippen molar-refractivity contribution in [3.63, 3.8) is 0 Å². The number of aromatic nitrogens is 5. The Balaban J connectivity index is 1.38. The Hall–Kier alpha value is -3.18. The Morgan fingerprint density at radius 2 is 1.85 bits per heavy atom. The number of carbonyl (C=O) groups is 1. The highest BCUT2D eigenvalue weighted by Crippen LogP contribution is 2.39. The highest BCUT2D eigenvalue weighted by Gasteiger charge is 2.26. The molecule has 0 spiro atoms. The number of piperazine rings is 1. The van der Waals surface area contributed by atoms with Gasteiger partial charge in [-0.05, 0) is 55.9 Å². The van der Waals surface area contributed by atoms with Crippen LogP contribution in [0.15, 0.2) is 40.4 Å². The SMILES string of the molecule is CC(=O)Nc1ccc(Sc2nc(Nc3cc(C4CC4)[nH]n3)nc(N3CCN(C)CC3)n2)cc1. The van der Waals surface area contributed by atoms with Crippen molar-refractivity contribution in [2.45, 2.75) is 35.7 Å². The van der Waals surface area contributed by atoms with Gasteiger partial charge in [-0.3, -0.25) is 9.89 Å². The van der Waals surface area contributed by atoms with Gasteiger partial charge in [0.15, 0.2) is 11.0 Å². The number of aromatic amines is 1. The number of rotatable bonds is 7. The van der Waals surface area contributed by atoms with Crippen molar-refractivity contribution < 1.29 is 4.79 Å². The zero-order valence-corrected chi connectivity index (χ0v) is 19.5. The van der Waals surface area contributed by atoms with Gasteiger partial charge in [0.25, 0.3) is 0 Å². The van der Waals surface area contributed by atoms with Gasteiger partial charge in [0.1, 0.15) is 0 Å². The Morgan fingerprint density at radius 1 is 1.09 bits per heavy atom. The molecule has 0 bridgehead atoms. The molecule has 3 aromatic rings. The minimum Gasteiger partial charge on any atom is -0.338 e. The number of nitrogens with one attached hydrogen (secondary N) is 3. The second-order valence-electron chi connectivity index (χ2n) is 8.45. The summed E-state index contributed by atoms with van der Waals surface area (Å²) in [4.78, 5) is 30.8. The number of nitrogens with zero attached hydrogens (tertiary/aromatic N) is 6. The second kappa shape index (κ2) is 9.36. The van der Waals surface area contributed by atoms with Crippen LogP contribution in [0.2, 0.25) is 0 Å². The van der Waals surface area contributed by atoms with Crippen LogP contribution in [0.4, 0.5) is 23.4 Å². The fraction of sp³-hybridized carbons (Fsp3) is 0.409. The Bertz CT molecular complexity index is 1120. The van der Waals surface area contributed by atoms with E-state index in [9.17, 15) is 4.79 Å². The van der Waals surface area contributed by atoms with Crippen LogP contribution in [-0.2, 0) is 4.79 Å². The van der Waals surface area contributed by atoms with Crippen molar-refractivity contribution in [3.8, 4) is 0 Å². The summed E-state index contributed by atoms with van der Waals surface area (Å²) in [5, 5.41) is 14.1. The van der Waals surface area contributed by atoms with Gasteiger partial charge in [0, 0.05) is 61.4 Å². The summed E-state index contributed by atoms with van der Waals surface area (Å²) in [5.74, 6) is 2.35. The lowest BCUT2D eigenvalue weighted by molar-refractivity contribution is -0.114. The van der Waals surface area contributed by atoms with Crippen molar-refractivity contribution in [2.24, 2.45) is 0 Å². The minimum atomic E-state index is -0.0939. The fourth-order valence-corrected chi connectivity index (χ4v) is 4.37. The van der Waals surface area contributed by atoms with E-state index in [1.807, 2.05) is 30.3 Å². The first-order chi connectivity index (χ1) is 16.0. The number of likely N-dealkylation sites (N-methyl/N-ethyl adjacent to an activating group) is 1. The lowest BCUT2D eigenvalue weighted by Crippen LogP contribution is -2.45. The van der Waals surface area contributed by atoms with E-state index in [1.165, 1.54) is 31.5 Å². The first kappa shape index (κ1) is 21.7. The van der Waals surface area contributed by atoms with E-state index in [4.69, 9.17) is 9.97 Å². The standard InChI is InChI=1S/C22H27N9OS/c1-14(32)23-16-5-7-17(8-6-16)33-22-26-20(24-19-13-18(28-29-19)15-3-4-15)25-21(27-22)31-11-9-30(2)10-12-31/h5-8,13,15H,3-4,9-12H2,1-2H3,(H,23,32)(H2,24,25,26,27,28,29). The molecule has 172 valence electrons. The average molecular weight is 466 g/mol. The molecule has 1 aliphatic heterocycles. The van der Waals surface area contributed by atoms with Crippen molar-refractivity contribution in [3.05, 3.63) is 36.0 Å². The van der Waals surface area contributed by atoms with Gasteiger partial charge < -0.3 is 20.4 Å². The molecule has 3 N–H and O–H groups in total. The van der Waals surface area contributed by atoms with Gasteiger partial charge in [0.05, 0.1) is 0 Å². The predicted octanol–water partition coefficient (Wildman–Crippen LogP) is 3.08. The van der Waals surface area contributed by atoms with E-state index in [1.54, 1.807) is 0 Å². The third-order valence-electron chi connectivity index (χ3n) is 5.63. The van der Waals surface area contributed by atoms with Crippen LogP contribution >= 0.6 is 11.8 Å². The van der Waals surface area contributed by atoms with Gasteiger partial charge in [0.2, 0.25) is 17.8 Å². The molecule has 1 saturated heterocycles. The maximum atomic E-state index is 11.3. The number of benzene rings is 1. The molecule has 2 aliphatic rings. The maximum Gasteiger partial charge on any atom is 0.234 e. The molecule has 1 amide bonds. The highest BCUT2D eigenvalue weighted by atomic mass is 32.2. The van der Waals surface area contributed by atoms with Crippen molar-refractivity contribution in [1.82, 2.24) is 30.0 Å². The molecule has 1 aromatic carbocycles. The zero-order valence-electron chi connectivity index (χ0n) is 18.7. The van der Waals surface area contributed by atoms with Crippen LogP contribution in [-0.4, -0.2) is 69.2 Å². The molecule has 0 radical (unpaired) electrons. The number of hydrogen-bond acceptors (Lipinski definition) is 9. The first-order valence-corrected chi connectivity index (χ1v) is 11.9. The number of anilines is 4. The summed E-state index contributed by atoms with van der Waals surface area (Å²) in [6, 6.07) is 9.66. The summed E-state index contributed by atoms with van der Waals surface area (Å²) >= 11 is 1.46. The molecule has 1 aliphatic carbocycles.